The molecule has 0 heterocycles. The molecule has 0 radical (unpaired) electrons. The van der Waals surface area contributed by atoms with Gasteiger partial charge in [-0.3, -0.25) is 4.79 Å². The summed E-state index contributed by atoms with van der Waals surface area (Å²) in [4.78, 5) is 11.5. The van der Waals surface area contributed by atoms with E-state index in [0.29, 0.717) is 6.42 Å². The highest BCUT2D eigenvalue weighted by atomic mass is 79.9. The molecule has 13 heavy (non-hydrogen) atoms. The summed E-state index contributed by atoms with van der Waals surface area (Å²) >= 11 is 3.36. The number of aryl methyl sites for hydroxylation is 1. The van der Waals surface area contributed by atoms with Crippen molar-refractivity contribution in [1.82, 2.24) is 0 Å². The van der Waals surface area contributed by atoms with Gasteiger partial charge in [0, 0.05) is 16.5 Å². The van der Waals surface area contributed by atoms with E-state index in [1.807, 2.05) is 25.1 Å². The number of ketones is 1. The van der Waals surface area contributed by atoms with Crippen LogP contribution < -0.4 is 0 Å². The molecule has 0 N–H and O–H groups in total. The molecule has 1 aromatic rings. The van der Waals surface area contributed by atoms with Crippen LogP contribution in [0.1, 0.15) is 22.3 Å². The van der Waals surface area contributed by atoms with Gasteiger partial charge in [0.05, 0.1) is 0 Å². The molecule has 0 unspecified atom stereocenters. The first-order chi connectivity index (χ1) is 6.15. The van der Waals surface area contributed by atoms with Crippen molar-refractivity contribution in [2.75, 3.05) is 0 Å². The lowest BCUT2D eigenvalue weighted by Gasteiger charge is -2.02. The largest absolute Gasteiger partial charge is 0.294 e. The molecule has 1 rings (SSSR count). The zero-order valence-electron chi connectivity index (χ0n) is 7.51. The molecule has 0 spiro atoms. The molecular formula is C11H11BrO. The van der Waals surface area contributed by atoms with Crippen molar-refractivity contribution in [3.05, 3.63) is 46.5 Å². The quantitative estimate of drug-likeness (QED) is 0.582. The fourth-order valence-corrected chi connectivity index (χ4v) is 1.80. The summed E-state index contributed by atoms with van der Waals surface area (Å²) in [5.41, 5.74) is 1.87. The van der Waals surface area contributed by atoms with Gasteiger partial charge in [0.15, 0.2) is 5.78 Å². The lowest BCUT2D eigenvalue weighted by molar-refractivity contribution is 0.0995. The minimum atomic E-state index is 0.0990. The van der Waals surface area contributed by atoms with Crippen LogP contribution in [0.25, 0.3) is 0 Å². The Balaban J connectivity index is 3.01. The van der Waals surface area contributed by atoms with Crippen LogP contribution in [0, 0.1) is 6.92 Å². The summed E-state index contributed by atoms with van der Waals surface area (Å²) in [5.74, 6) is 0.0990. The summed E-state index contributed by atoms with van der Waals surface area (Å²) in [7, 11) is 0. The number of carbonyl (C=O) groups excluding carboxylic acids is 1. The van der Waals surface area contributed by atoms with E-state index >= 15 is 0 Å². The fraction of sp³-hybridized carbons (Fsp3) is 0.182. The molecule has 68 valence electrons. The number of benzene rings is 1. The third-order valence-electron chi connectivity index (χ3n) is 1.75. The van der Waals surface area contributed by atoms with Crippen molar-refractivity contribution in [3.8, 4) is 0 Å². The smallest absolute Gasteiger partial charge is 0.167 e. The van der Waals surface area contributed by atoms with Crippen LogP contribution in [0.5, 0.6) is 0 Å². The summed E-state index contributed by atoms with van der Waals surface area (Å²) in [6.07, 6.45) is 2.01. The Bertz CT molecular complexity index is 342. The van der Waals surface area contributed by atoms with Gasteiger partial charge in [-0.05, 0) is 24.6 Å². The number of hydrogen-bond donors (Lipinski definition) is 0. The predicted molar refractivity (Wildman–Crippen MR) is 58.0 cm³/mol. The number of carbonyl (C=O) groups is 1. The van der Waals surface area contributed by atoms with Crippen LogP contribution in [-0.2, 0) is 0 Å². The van der Waals surface area contributed by atoms with Gasteiger partial charge in [0.2, 0.25) is 0 Å². The fourth-order valence-electron chi connectivity index (χ4n) is 1.09. The van der Waals surface area contributed by atoms with E-state index in [9.17, 15) is 4.79 Å². The monoisotopic (exact) mass is 238 g/mol. The first kappa shape index (κ1) is 10.2. The molecule has 0 aliphatic rings. The molecule has 0 saturated heterocycles. The van der Waals surface area contributed by atoms with E-state index in [1.165, 1.54) is 0 Å². The molecule has 1 aromatic carbocycles. The average Bonchev–Trinajstić information content (AvgIpc) is 2.04. The Morgan fingerprint density at radius 3 is 2.85 bits per heavy atom. The van der Waals surface area contributed by atoms with Crippen LogP contribution in [0.2, 0.25) is 0 Å². The summed E-state index contributed by atoms with van der Waals surface area (Å²) in [5, 5.41) is 0. The molecular weight excluding hydrogens is 228 g/mol. The van der Waals surface area contributed by atoms with Crippen molar-refractivity contribution in [1.29, 1.82) is 0 Å². The predicted octanol–water partition coefficient (Wildman–Crippen LogP) is 3.52. The van der Waals surface area contributed by atoms with Gasteiger partial charge in [-0.15, -0.1) is 6.58 Å². The Morgan fingerprint density at radius 1 is 1.62 bits per heavy atom. The topological polar surface area (TPSA) is 17.1 Å². The standard InChI is InChI=1S/C11H11BrO/c1-3-4-11(13)9-6-5-8(2)7-10(9)12/h3,5-7H,1,4H2,2H3. The summed E-state index contributed by atoms with van der Waals surface area (Å²) in [6.45, 7) is 5.53. The maximum Gasteiger partial charge on any atom is 0.167 e. The number of Topliss-reactive ketones (excluding diaryl/α,β-unsaturated/α-hetero) is 1. The van der Waals surface area contributed by atoms with Crippen LogP contribution in [-0.4, -0.2) is 5.78 Å². The van der Waals surface area contributed by atoms with Gasteiger partial charge >= 0.3 is 0 Å². The third-order valence-corrected chi connectivity index (χ3v) is 2.41. The maximum atomic E-state index is 11.5. The number of halogens is 1. The minimum absolute atomic E-state index is 0.0990. The van der Waals surface area contributed by atoms with Gasteiger partial charge in [-0.25, -0.2) is 0 Å². The second kappa shape index (κ2) is 4.38. The van der Waals surface area contributed by atoms with Crippen LogP contribution in [0.3, 0.4) is 0 Å². The normalized spacial score (nSPS) is 9.69. The minimum Gasteiger partial charge on any atom is -0.294 e. The van der Waals surface area contributed by atoms with E-state index in [0.717, 1.165) is 15.6 Å². The maximum absolute atomic E-state index is 11.5. The van der Waals surface area contributed by atoms with Crippen molar-refractivity contribution < 1.29 is 4.79 Å². The summed E-state index contributed by atoms with van der Waals surface area (Å²) in [6, 6.07) is 5.71. The Morgan fingerprint density at radius 2 is 2.31 bits per heavy atom. The highest BCUT2D eigenvalue weighted by molar-refractivity contribution is 9.10. The SMILES string of the molecule is C=CCC(=O)c1ccc(C)cc1Br. The molecule has 0 bridgehead atoms. The second-order valence-corrected chi connectivity index (χ2v) is 3.75. The van der Waals surface area contributed by atoms with Crippen molar-refractivity contribution in [3.63, 3.8) is 0 Å². The Hall–Kier alpha value is -0.890. The Labute approximate surface area is 86.6 Å². The molecule has 0 aliphatic carbocycles. The molecule has 0 aliphatic heterocycles. The molecule has 0 fully saturated rings. The van der Waals surface area contributed by atoms with Crippen LogP contribution in [0.15, 0.2) is 35.3 Å². The molecule has 1 nitrogen and oxygen atoms in total. The van der Waals surface area contributed by atoms with Crippen LogP contribution >= 0.6 is 15.9 Å². The van der Waals surface area contributed by atoms with Gasteiger partial charge < -0.3 is 0 Å². The lowest BCUT2D eigenvalue weighted by atomic mass is 10.1. The van der Waals surface area contributed by atoms with E-state index in [2.05, 4.69) is 22.5 Å². The zero-order valence-corrected chi connectivity index (χ0v) is 9.10. The Kier molecular flexibility index (Phi) is 3.43. The molecule has 0 aromatic heterocycles. The molecule has 2 heteroatoms. The van der Waals surface area contributed by atoms with Gasteiger partial charge in [0.1, 0.15) is 0 Å². The zero-order chi connectivity index (χ0) is 9.84. The van der Waals surface area contributed by atoms with Gasteiger partial charge in [-0.1, -0.05) is 28.1 Å². The van der Waals surface area contributed by atoms with Crippen molar-refractivity contribution in [2.45, 2.75) is 13.3 Å². The average molecular weight is 239 g/mol. The first-order valence-electron chi connectivity index (χ1n) is 4.05. The van der Waals surface area contributed by atoms with E-state index in [4.69, 9.17) is 0 Å². The first-order valence-corrected chi connectivity index (χ1v) is 4.84. The van der Waals surface area contributed by atoms with Crippen LogP contribution in [0.4, 0.5) is 0 Å². The van der Waals surface area contributed by atoms with E-state index in [-0.39, 0.29) is 5.78 Å². The number of hydrogen-bond acceptors (Lipinski definition) is 1. The molecule has 0 amide bonds. The van der Waals surface area contributed by atoms with E-state index < -0.39 is 0 Å². The molecule has 0 saturated carbocycles. The van der Waals surface area contributed by atoms with Crippen molar-refractivity contribution in [2.24, 2.45) is 0 Å². The van der Waals surface area contributed by atoms with Gasteiger partial charge in [-0.2, -0.15) is 0 Å². The van der Waals surface area contributed by atoms with E-state index in [1.54, 1.807) is 6.08 Å². The lowest BCUT2D eigenvalue weighted by Crippen LogP contribution is -1.98. The second-order valence-electron chi connectivity index (χ2n) is 2.90. The highest BCUT2D eigenvalue weighted by Crippen LogP contribution is 2.19. The number of allylic oxidation sites excluding steroid dienone is 1. The highest BCUT2D eigenvalue weighted by Gasteiger charge is 2.07. The van der Waals surface area contributed by atoms with Gasteiger partial charge in [0.25, 0.3) is 0 Å². The summed E-state index contributed by atoms with van der Waals surface area (Å²) < 4.78 is 0.861. The van der Waals surface area contributed by atoms with Crippen molar-refractivity contribution >= 4 is 21.7 Å². The molecule has 0 atom stereocenters. The number of rotatable bonds is 3. The third kappa shape index (κ3) is 2.52.